The van der Waals surface area contributed by atoms with Crippen LogP contribution in [0.3, 0.4) is 0 Å². The molecule has 0 spiro atoms. The molecule has 0 atom stereocenters. The second kappa shape index (κ2) is 5.13. The molecular formula is C11H13NO2. The van der Waals surface area contributed by atoms with Gasteiger partial charge in [-0.15, -0.1) is 6.42 Å². The molecule has 1 aliphatic heterocycles. The minimum Gasteiger partial charge on any atom is -0.494 e. The number of ether oxygens (including phenoxy) is 1. The molecule has 0 unspecified atom stereocenters. The maximum atomic E-state index is 11.1. The summed E-state index contributed by atoms with van der Waals surface area (Å²) in [4.78, 5) is 12.8. The molecule has 3 nitrogen and oxygen atoms in total. The fourth-order valence-corrected chi connectivity index (χ4v) is 1.18. The molecule has 1 rings (SSSR count). The van der Waals surface area contributed by atoms with Crippen LogP contribution in [0.1, 0.15) is 6.92 Å². The third kappa shape index (κ3) is 2.98. The lowest BCUT2D eigenvalue weighted by Crippen LogP contribution is -2.38. The fraction of sp³-hybridized carbons (Fsp3) is 0.364. The lowest BCUT2D eigenvalue weighted by atomic mass is 10.3. The molecule has 0 aromatic carbocycles. The predicted octanol–water partition coefficient (Wildman–Crippen LogP) is 0.938. The van der Waals surface area contributed by atoms with E-state index in [1.165, 1.54) is 0 Å². The largest absolute Gasteiger partial charge is 0.494 e. The minimum atomic E-state index is 0.0696. The zero-order valence-corrected chi connectivity index (χ0v) is 8.19. The van der Waals surface area contributed by atoms with E-state index >= 15 is 0 Å². The predicted molar refractivity (Wildman–Crippen MR) is 54.3 cm³/mol. The highest BCUT2D eigenvalue weighted by atomic mass is 16.5. The van der Waals surface area contributed by atoms with Gasteiger partial charge in [0.15, 0.2) is 0 Å². The maximum Gasteiger partial charge on any atom is 0.219 e. The Kier molecular flexibility index (Phi) is 3.81. The van der Waals surface area contributed by atoms with E-state index in [1.807, 2.05) is 0 Å². The number of hydrogen-bond donors (Lipinski definition) is 0. The Morgan fingerprint density at radius 3 is 3.14 bits per heavy atom. The van der Waals surface area contributed by atoms with E-state index in [9.17, 15) is 4.79 Å². The summed E-state index contributed by atoms with van der Waals surface area (Å²) in [5, 5.41) is 0. The Balaban J connectivity index is 2.56. The van der Waals surface area contributed by atoms with Gasteiger partial charge in [-0.1, -0.05) is 12.0 Å². The molecule has 14 heavy (non-hydrogen) atoms. The van der Waals surface area contributed by atoms with Gasteiger partial charge in [-0.3, -0.25) is 4.79 Å². The highest BCUT2D eigenvalue weighted by Gasteiger charge is 2.16. The van der Waals surface area contributed by atoms with Crippen LogP contribution in [0, 0.1) is 12.3 Å². The van der Waals surface area contributed by atoms with E-state index in [0.717, 1.165) is 5.76 Å². The van der Waals surface area contributed by atoms with Crippen molar-refractivity contribution in [2.75, 3.05) is 19.7 Å². The van der Waals surface area contributed by atoms with Crippen LogP contribution >= 0.6 is 0 Å². The molecule has 1 fully saturated rings. The Morgan fingerprint density at radius 2 is 2.50 bits per heavy atom. The van der Waals surface area contributed by atoms with Crippen molar-refractivity contribution in [3.63, 3.8) is 0 Å². The number of hydrogen-bond acceptors (Lipinski definition) is 2. The topological polar surface area (TPSA) is 29.5 Å². The highest BCUT2D eigenvalue weighted by molar-refractivity contribution is 5.73. The number of morpholine rings is 1. The van der Waals surface area contributed by atoms with Gasteiger partial charge in [-0.25, -0.2) is 0 Å². The maximum absolute atomic E-state index is 11.1. The molecular weight excluding hydrogens is 178 g/mol. The third-order valence-corrected chi connectivity index (χ3v) is 1.92. The van der Waals surface area contributed by atoms with Crippen molar-refractivity contribution in [1.82, 2.24) is 4.90 Å². The molecule has 0 aliphatic carbocycles. The van der Waals surface area contributed by atoms with Gasteiger partial charge in [-0.05, 0) is 12.2 Å². The van der Waals surface area contributed by atoms with Crippen LogP contribution in [0.5, 0.6) is 0 Å². The summed E-state index contributed by atoms with van der Waals surface area (Å²) in [5.74, 6) is 3.23. The summed E-state index contributed by atoms with van der Waals surface area (Å²) in [6, 6.07) is 0. The average Bonchev–Trinajstić information content (AvgIpc) is 2.19. The first-order valence-corrected chi connectivity index (χ1v) is 4.44. The molecule has 0 aromatic heterocycles. The molecule has 0 N–H and O–H groups in total. The molecule has 0 radical (unpaired) electrons. The number of allylic oxidation sites excluding steroid dienone is 3. The number of amides is 1. The smallest absolute Gasteiger partial charge is 0.219 e. The fourth-order valence-electron chi connectivity index (χ4n) is 1.18. The molecule has 1 aliphatic rings. The summed E-state index contributed by atoms with van der Waals surface area (Å²) >= 11 is 0. The Hall–Kier alpha value is -1.69. The first-order chi connectivity index (χ1) is 6.74. The first-order valence-electron chi connectivity index (χ1n) is 4.44. The number of nitrogens with zero attached hydrogens (tertiary/aromatic N) is 1. The molecule has 3 heteroatoms. The summed E-state index contributed by atoms with van der Waals surface area (Å²) in [5.41, 5.74) is 0. The Labute approximate surface area is 84.0 Å². The van der Waals surface area contributed by atoms with Crippen molar-refractivity contribution < 1.29 is 9.53 Å². The van der Waals surface area contributed by atoms with E-state index in [-0.39, 0.29) is 5.91 Å². The SMILES string of the molecule is C#C/C=C\C=C1/CN(C(C)=O)CCO1. The second-order valence-electron chi connectivity index (χ2n) is 2.95. The van der Waals surface area contributed by atoms with Crippen molar-refractivity contribution in [2.45, 2.75) is 6.92 Å². The minimum absolute atomic E-state index is 0.0696. The molecule has 74 valence electrons. The van der Waals surface area contributed by atoms with Crippen molar-refractivity contribution >= 4 is 5.91 Å². The zero-order valence-electron chi connectivity index (χ0n) is 8.19. The number of carbonyl (C=O) groups is 1. The summed E-state index contributed by atoms with van der Waals surface area (Å²) in [6.07, 6.45) is 10.2. The van der Waals surface area contributed by atoms with E-state index in [4.69, 9.17) is 11.2 Å². The van der Waals surface area contributed by atoms with E-state index < -0.39 is 0 Å². The zero-order chi connectivity index (χ0) is 10.4. The lowest BCUT2D eigenvalue weighted by Gasteiger charge is -2.27. The standard InChI is InChI=1S/C11H13NO2/c1-3-4-5-6-11-9-12(10(2)13)7-8-14-11/h1,4-6H,7-9H2,2H3/b5-4-,11-6+. The van der Waals surface area contributed by atoms with Crippen molar-refractivity contribution in [2.24, 2.45) is 0 Å². The highest BCUT2D eigenvalue weighted by Crippen LogP contribution is 2.08. The van der Waals surface area contributed by atoms with Crippen LogP contribution in [-0.4, -0.2) is 30.5 Å². The first kappa shape index (κ1) is 10.4. The second-order valence-corrected chi connectivity index (χ2v) is 2.95. The number of rotatable bonds is 1. The van der Waals surface area contributed by atoms with Gasteiger partial charge in [-0.2, -0.15) is 0 Å². The van der Waals surface area contributed by atoms with Gasteiger partial charge in [0.1, 0.15) is 12.4 Å². The third-order valence-electron chi connectivity index (χ3n) is 1.92. The average molecular weight is 191 g/mol. The van der Waals surface area contributed by atoms with Crippen LogP contribution in [-0.2, 0) is 9.53 Å². The van der Waals surface area contributed by atoms with Gasteiger partial charge in [0.05, 0.1) is 13.1 Å². The van der Waals surface area contributed by atoms with Gasteiger partial charge < -0.3 is 9.64 Å². The van der Waals surface area contributed by atoms with Crippen LogP contribution in [0.2, 0.25) is 0 Å². The molecule has 1 amide bonds. The molecule has 0 saturated carbocycles. The molecule has 1 heterocycles. The van der Waals surface area contributed by atoms with E-state index in [1.54, 1.807) is 30.1 Å². The lowest BCUT2D eigenvalue weighted by molar-refractivity contribution is -0.131. The Morgan fingerprint density at radius 1 is 1.71 bits per heavy atom. The van der Waals surface area contributed by atoms with Crippen molar-refractivity contribution in [1.29, 1.82) is 0 Å². The molecule has 0 bridgehead atoms. The molecule has 1 saturated heterocycles. The Bertz CT molecular complexity index is 310. The van der Waals surface area contributed by atoms with E-state index in [2.05, 4.69) is 5.92 Å². The van der Waals surface area contributed by atoms with Crippen molar-refractivity contribution in [3.05, 3.63) is 24.0 Å². The summed E-state index contributed by atoms with van der Waals surface area (Å²) < 4.78 is 5.35. The van der Waals surface area contributed by atoms with Gasteiger partial charge in [0, 0.05) is 6.92 Å². The monoisotopic (exact) mass is 191 g/mol. The van der Waals surface area contributed by atoms with Gasteiger partial charge in [0.2, 0.25) is 5.91 Å². The van der Waals surface area contributed by atoms with Gasteiger partial charge >= 0.3 is 0 Å². The quantitative estimate of drug-likeness (QED) is 0.577. The van der Waals surface area contributed by atoms with Crippen LogP contribution in [0.15, 0.2) is 24.0 Å². The van der Waals surface area contributed by atoms with Crippen LogP contribution in [0.4, 0.5) is 0 Å². The summed E-state index contributed by atoms with van der Waals surface area (Å²) in [7, 11) is 0. The van der Waals surface area contributed by atoms with Crippen molar-refractivity contribution in [3.8, 4) is 12.3 Å². The normalized spacial score (nSPS) is 19.4. The summed E-state index contributed by atoms with van der Waals surface area (Å²) in [6.45, 7) is 3.30. The molecule has 0 aromatic rings. The van der Waals surface area contributed by atoms with Crippen LogP contribution < -0.4 is 0 Å². The van der Waals surface area contributed by atoms with Gasteiger partial charge in [0.25, 0.3) is 0 Å². The number of carbonyl (C=O) groups excluding carboxylic acids is 1. The van der Waals surface area contributed by atoms with E-state index in [0.29, 0.717) is 19.7 Å². The van der Waals surface area contributed by atoms with Crippen LogP contribution in [0.25, 0.3) is 0 Å². The number of terminal acetylenes is 1.